The molecule has 0 rings (SSSR count). The van der Waals surface area contributed by atoms with Gasteiger partial charge in [-0.05, 0) is 12.8 Å². The monoisotopic (exact) mass is 220 g/mol. The zero-order chi connectivity index (χ0) is 11.1. The van der Waals surface area contributed by atoms with Crippen molar-refractivity contribution in [3.63, 3.8) is 0 Å². The highest BCUT2D eigenvalue weighted by Gasteiger charge is 2.18. The Morgan fingerprint density at radius 2 is 1.71 bits per heavy atom. The van der Waals surface area contributed by atoms with Gasteiger partial charge in [0.2, 0.25) is 0 Å². The van der Waals surface area contributed by atoms with Crippen LogP contribution < -0.4 is 0 Å². The first-order valence-electron chi connectivity index (χ1n) is 4.10. The maximum atomic E-state index is 10.8. The summed E-state index contributed by atoms with van der Waals surface area (Å²) >= 11 is 3.54. The third-order valence-electron chi connectivity index (χ3n) is 1.71. The van der Waals surface area contributed by atoms with Crippen molar-refractivity contribution in [1.29, 1.82) is 0 Å². The van der Waals surface area contributed by atoms with Gasteiger partial charge >= 0.3 is 11.9 Å². The van der Waals surface area contributed by atoms with E-state index in [1.54, 1.807) is 0 Å². The molecule has 1 atom stereocenters. The number of rotatable bonds is 7. The zero-order valence-electron chi connectivity index (χ0n) is 7.47. The molecule has 0 heterocycles. The lowest BCUT2D eigenvalue weighted by Gasteiger charge is -2.08. The maximum Gasteiger partial charge on any atom is 0.304 e. The van der Waals surface area contributed by atoms with Gasteiger partial charge in [0.05, 0.1) is 6.42 Å². The second kappa shape index (κ2) is 6.42. The Hall–Kier alpha value is -1.04. The van der Waals surface area contributed by atoms with E-state index in [-0.39, 0.29) is 19.3 Å². The fourth-order valence-electron chi connectivity index (χ4n) is 1.02. The number of carboxylic acids is 2. The van der Waals surface area contributed by atoms with Crippen LogP contribution in [0.1, 0.15) is 25.7 Å². The van der Waals surface area contributed by atoms with E-state index in [9.17, 15) is 14.4 Å². The van der Waals surface area contributed by atoms with Gasteiger partial charge in [0.1, 0.15) is 0 Å². The second-order valence-electron chi connectivity index (χ2n) is 2.92. The summed E-state index contributed by atoms with van der Waals surface area (Å²) < 4.78 is 0. The summed E-state index contributed by atoms with van der Waals surface area (Å²) in [5.74, 6) is -2.71. The van der Waals surface area contributed by atoms with Crippen LogP contribution in [0, 0.1) is 5.92 Å². The van der Waals surface area contributed by atoms with Crippen LogP contribution in [0.2, 0.25) is 0 Å². The van der Waals surface area contributed by atoms with Crippen LogP contribution in [0.3, 0.4) is 0 Å². The van der Waals surface area contributed by atoms with E-state index < -0.39 is 23.0 Å². The van der Waals surface area contributed by atoms with Gasteiger partial charge in [-0.15, -0.1) is 12.6 Å². The van der Waals surface area contributed by atoms with Crippen molar-refractivity contribution < 1.29 is 24.6 Å². The van der Waals surface area contributed by atoms with Gasteiger partial charge in [-0.25, -0.2) is 0 Å². The second-order valence-corrected chi connectivity index (χ2v) is 3.36. The molecule has 0 amide bonds. The topological polar surface area (TPSA) is 91.7 Å². The van der Waals surface area contributed by atoms with Crippen molar-refractivity contribution in [2.75, 3.05) is 0 Å². The summed E-state index contributed by atoms with van der Waals surface area (Å²) in [6.07, 6.45) is 0.194. The molecule has 0 aromatic heterocycles. The average Bonchev–Trinajstić information content (AvgIpc) is 2.00. The lowest BCUT2D eigenvalue weighted by molar-refractivity contribution is -0.139. The molecule has 0 aromatic rings. The van der Waals surface area contributed by atoms with Crippen LogP contribution in [0.4, 0.5) is 0 Å². The normalized spacial score (nSPS) is 12.1. The molecule has 80 valence electrons. The van der Waals surface area contributed by atoms with Crippen molar-refractivity contribution in [3.8, 4) is 0 Å². The molecule has 0 spiro atoms. The first-order chi connectivity index (χ1) is 6.43. The van der Waals surface area contributed by atoms with Gasteiger partial charge < -0.3 is 10.2 Å². The molecule has 0 aliphatic carbocycles. The Morgan fingerprint density at radius 1 is 1.14 bits per heavy atom. The Morgan fingerprint density at radius 3 is 2.07 bits per heavy atom. The standard InChI is InChI=1S/C8H12O5S/c9-6(10)3-1-2-5(8(13)14)4-7(11)12/h5H,1-4H2,(H,9,10)(H,11,12)(H,13,14). The molecule has 0 saturated carbocycles. The highest BCUT2D eigenvalue weighted by Crippen LogP contribution is 2.15. The summed E-state index contributed by atoms with van der Waals surface area (Å²) in [5, 5.41) is 16.3. The van der Waals surface area contributed by atoms with Crippen molar-refractivity contribution in [3.05, 3.63) is 0 Å². The molecular weight excluding hydrogens is 208 g/mol. The van der Waals surface area contributed by atoms with E-state index in [0.29, 0.717) is 6.42 Å². The van der Waals surface area contributed by atoms with Crippen LogP contribution in [0.5, 0.6) is 0 Å². The van der Waals surface area contributed by atoms with E-state index in [0.717, 1.165) is 0 Å². The molecule has 0 fully saturated rings. The molecule has 0 radical (unpaired) electrons. The number of hydrogen-bond donors (Lipinski definition) is 3. The molecule has 0 aliphatic rings. The molecule has 1 unspecified atom stereocenters. The number of hydrogen-bond acceptors (Lipinski definition) is 3. The van der Waals surface area contributed by atoms with Crippen molar-refractivity contribution in [2.24, 2.45) is 5.92 Å². The first-order valence-corrected chi connectivity index (χ1v) is 4.54. The summed E-state index contributed by atoms with van der Waals surface area (Å²) in [5.41, 5.74) is 0. The van der Waals surface area contributed by atoms with Crippen LogP contribution >= 0.6 is 12.6 Å². The minimum Gasteiger partial charge on any atom is -0.481 e. The van der Waals surface area contributed by atoms with Gasteiger partial charge in [-0.2, -0.15) is 0 Å². The van der Waals surface area contributed by atoms with E-state index in [2.05, 4.69) is 12.6 Å². The molecule has 6 heteroatoms. The predicted molar refractivity (Wildman–Crippen MR) is 51.2 cm³/mol. The molecule has 2 N–H and O–H groups in total. The highest BCUT2D eigenvalue weighted by atomic mass is 32.1. The SMILES string of the molecule is O=C(O)CCCC(CC(=O)O)C(=O)S. The van der Waals surface area contributed by atoms with E-state index in [1.165, 1.54) is 0 Å². The van der Waals surface area contributed by atoms with E-state index in [4.69, 9.17) is 10.2 Å². The molecule has 0 aromatic carbocycles. The van der Waals surface area contributed by atoms with Gasteiger partial charge in [-0.3, -0.25) is 14.4 Å². The number of carbonyl (C=O) groups excluding carboxylic acids is 1. The Bertz CT molecular complexity index is 238. The van der Waals surface area contributed by atoms with Crippen LogP contribution in [-0.4, -0.2) is 27.3 Å². The summed E-state index contributed by atoms with van der Waals surface area (Å²) in [6.45, 7) is 0. The molecule has 14 heavy (non-hydrogen) atoms. The molecule has 5 nitrogen and oxygen atoms in total. The Labute approximate surface area is 86.5 Å². The number of aliphatic carboxylic acids is 2. The van der Waals surface area contributed by atoms with Crippen molar-refractivity contribution >= 4 is 29.7 Å². The van der Waals surface area contributed by atoms with Gasteiger partial charge in [-0.1, -0.05) is 0 Å². The highest BCUT2D eigenvalue weighted by molar-refractivity contribution is 7.96. The van der Waals surface area contributed by atoms with Crippen molar-refractivity contribution in [2.45, 2.75) is 25.7 Å². The van der Waals surface area contributed by atoms with Crippen LogP contribution in [0.15, 0.2) is 0 Å². The molecular formula is C8H12O5S. The lowest BCUT2D eigenvalue weighted by Crippen LogP contribution is -2.14. The molecule has 0 saturated heterocycles. The third-order valence-corrected chi connectivity index (χ3v) is 2.08. The quantitative estimate of drug-likeness (QED) is 0.552. The minimum absolute atomic E-state index is 0.0584. The number of thiol groups is 1. The average molecular weight is 220 g/mol. The number of carbonyl (C=O) groups is 3. The summed E-state index contributed by atoms with van der Waals surface area (Å²) in [4.78, 5) is 31.3. The molecule has 0 aliphatic heterocycles. The Kier molecular flexibility index (Phi) is 5.94. The van der Waals surface area contributed by atoms with E-state index >= 15 is 0 Å². The van der Waals surface area contributed by atoms with Gasteiger partial charge in [0.25, 0.3) is 0 Å². The van der Waals surface area contributed by atoms with Gasteiger partial charge in [0, 0.05) is 12.3 Å². The minimum atomic E-state index is -1.08. The zero-order valence-corrected chi connectivity index (χ0v) is 8.37. The maximum absolute atomic E-state index is 10.8. The first kappa shape index (κ1) is 13.0. The fourth-order valence-corrected chi connectivity index (χ4v) is 1.24. The predicted octanol–water partition coefficient (Wildman–Crippen LogP) is 0.789. The lowest BCUT2D eigenvalue weighted by atomic mass is 10.00. The van der Waals surface area contributed by atoms with Crippen LogP contribution in [0.25, 0.3) is 0 Å². The smallest absolute Gasteiger partial charge is 0.304 e. The third kappa shape index (κ3) is 6.47. The summed E-state index contributed by atoms with van der Waals surface area (Å²) in [7, 11) is 0. The van der Waals surface area contributed by atoms with Gasteiger partial charge in [0.15, 0.2) is 5.12 Å². The fraction of sp³-hybridized carbons (Fsp3) is 0.625. The number of carboxylic acid groups (broad SMARTS) is 2. The summed E-state index contributed by atoms with van der Waals surface area (Å²) in [6, 6.07) is 0. The largest absolute Gasteiger partial charge is 0.481 e. The van der Waals surface area contributed by atoms with Crippen LogP contribution in [-0.2, 0) is 14.4 Å². The Balaban J connectivity index is 3.91. The van der Waals surface area contributed by atoms with Crippen molar-refractivity contribution in [1.82, 2.24) is 0 Å². The molecule has 0 bridgehead atoms. The van der Waals surface area contributed by atoms with E-state index in [1.807, 2.05) is 0 Å².